The molecule has 0 aliphatic carbocycles. The van der Waals surface area contributed by atoms with Crippen LogP contribution in [0.3, 0.4) is 0 Å². The van der Waals surface area contributed by atoms with E-state index in [0.717, 1.165) is 6.54 Å². The Bertz CT molecular complexity index is 254. The number of unbranched alkanes of at least 4 members (excludes halogenated alkanes) is 26. The zero-order valence-corrected chi connectivity index (χ0v) is 22.6. The average Bonchev–Trinajstić information content (AvgIpc) is 2.76. The number of hydrogen-bond donors (Lipinski definition) is 1. The molecule has 0 rings (SSSR count). The molecule has 0 aliphatic rings. The van der Waals surface area contributed by atoms with E-state index in [9.17, 15) is 0 Å². The van der Waals surface area contributed by atoms with Crippen LogP contribution in [-0.4, -0.2) is 6.54 Å². The summed E-state index contributed by atoms with van der Waals surface area (Å²) in [5.74, 6) is 0. The van der Waals surface area contributed by atoms with Crippen LogP contribution in [0.5, 0.6) is 0 Å². The minimum absolute atomic E-state index is 0. The predicted octanol–water partition coefficient (Wildman–Crippen LogP) is 10.9. The summed E-state index contributed by atoms with van der Waals surface area (Å²) in [6.45, 7) is 3.18. The Morgan fingerprint density at radius 2 is 0.452 bits per heavy atom. The van der Waals surface area contributed by atoms with Crippen molar-refractivity contribution in [3.63, 3.8) is 0 Å². The first kappa shape index (κ1) is 33.4. The van der Waals surface area contributed by atoms with Gasteiger partial charge in [-0.15, -0.1) is 12.4 Å². The molecule has 0 aromatic rings. The highest BCUT2D eigenvalue weighted by molar-refractivity contribution is 5.85. The summed E-state index contributed by atoms with van der Waals surface area (Å²) in [7, 11) is 0. The quantitative estimate of drug-likeness (QED) is 0.121. The lowest BCUT2D eigenvalue weighted by atomic mass is 10.0. The lowest BCUT2D eigenvalue weighted by Crippen LogP contribution is -1.97. The van der Waals surface area contributed by atoms with E-state index in [1.165, 1.54) is 173 Å². The molecule has 0 spiro atoms. The monoisotopic (exact) mass is 459 g/mol. The standard InChI is InChI=1S/C29H61N.ClH/c1-2-3-4-5-6-7-8-9-10-11-12-13-14-15-16-17-18-19-20-21-22-23-24-25-26-27-28-29-30;/h2-30H2,1H3;1H. The van der Waals surface area contributed by atoms with Crippen molar-refractivity contribution in [1.82, 2.24) is 0 Å². The molecule has 2 heteroatoms. The number of halogens is 1. The van der Waals surface area contributed by atoms with Crippen LogP contribution in [0.25, 0.3) is 0 Å². The van der Waals surface area contributed by atoms with E-state index in [0.29, 0.717) is 0 Å². The van der Waals surface area contributed by atoms with E-state index in [1.54, 1.807) is 0 Å². The van der Waals surface area contributed by atoms with Crippen LogP contribution in [0.2, 0.25) is 0 Å². The Kier molecular flexibility index (Phi) is 35.0. The van der Waals surface area contributed by atoms with Crippen molar-refractivity contribution in [2.45, 2.75) is 180 Å². The second kappa shape index (κ2) is 32.4. The van der Waals surface area contributed by atoms with Crippen LogP contribution in [0.15, 0.2) is 0 Å². The topological polar surface area (TPSA) is 26.0 Å². The fourth-order valence-electron chi connectivity index (χ4n) is 4.64. The van der Waals surface area contributed by atoms with Gasteiger partial charge in [-0.05, 0) is 13.0 Å². The third-order valence-corrected chi connectivity index (χ3v) is 6.81. The molecule has 0 atom stereocenters. The minimum atomic E-state index is 0. The molecular formula is C29H62ClN. The maximum atomic E-state index is 5.53. The van der Waals surface area contributed by atoms with Gasteiger partial charge in [0.1, 0.15) is 0 Å². The second-order valence-electron chi connectivity index (χ2n) is 9.98. The normalized spacial score (nSPS) is 11.0. The summed E-state index contributed by atoms with van der Waals surface area (Å²) in [6, 6.07) is 0. The zero-order valence-electron chi connectivity index (χ0n) is 21.8. The van der Waals surface area contributed by atoms with Gasteiger partial charge < -0.3 is 5.73 Å². The maximum absolute atomic E-state index is 5.53. The minimum Gasteiger partial charge on any atom is -0.330 e. The van der Waals surface area contributed by atoms with E-state index >= 15 is 0 Å². The molecule has 0 amide bonds. The van der Waals surface area contributed by atoms with Gasteiger partial charge in [0.2, 0.25) is 0 Å². The van der Waals surface area contributed by atoms with Crippen LogP contribution in [0, 0.1) is 0 Å². The summed E-state index contributed by atoms with van der Waals surface area (Å²) in [6.07, 6.45) is 39.3. The molecule has 0 aliphatic heterocycles. The van der Waals surface area contributed by atoms with Gasteiger partial charge in [-0.1, -0.05) is 174 Å². The largest absolute Gasteiger partial charge is 0.330 e. The SMILES string of the molecule is CCCCCCCCCCCCCCCCCCCCCCCCCCCCCN.Cl. The molecule has 0 saturated carbocycles. The van der Waals surface area contributed by atoms with Crippen molar-refractivity contribution in [3.05, 3.63) is 0 Å². The van der Waals surface area contributed by atoms with Crippen molar-refractivity contribution in [3.8, 4) is 0 Å². The third kappa shape index (κ3) is 32.5. The lowest BCUT2D eigenvalue weighted by molar-refractivity contribution is 0.515. The molecule has 0 bridgehead atoms. The fraction of sp³-hybridized carbons (Fsp3) is 1.00. The molecule has 2 N–H and O–H groups in total. The van der Waals surface area contributed by atoms with Crippen molar-refractivity contribution >= 4 is 12.4 Å². The fourth-order valence-corrected chi connectivity index (χ4v) is 4.64. The van der Waals surface area contributed by atoms with E-state index in [1.807, 2.05) is 0 Å². The Balaban J connectivity index is 0. The highest BCUT2D eigenvalue weighted by Gasteiger charge is 1.96. The first-order valence-electron chi connectivity index (χ1n) is 14.6. The van der Waals surface area contributed by atoms with E-state index in [-0.39, 0.29) is 12.4 Å². The van der Waals surface area contributed by atoms with Gasteiger partial charge in [-0.3, -0.25) is 0 Å². The molecule has 0 aromatic carbocycles. The van der Waals surface area contributed by atoms with Crippen LogP contribution in [0.1, 0.15) is 180 Å². The molecule has 0 saturated heterocycles. The predicted molar refractivity (Wildman–Crippen MR) is 147 cm³/mol. The highest BCUT2D eigenvalue weighted by Crippen LogP contribution is 2.16. The van der Waals surface area contributed by atoms with Crippen LogP contribution in [-0.2, 0) is 0 Å². The van der Waals surface area contributed by atoms with E-state index in [4.69, 9.17) is 5.73 Å². The number of nitrogens with two attached hydrogens (primary N) is 1. The molecule has 31 heavy (non-hydrogen) atoms. The Morgan fingerprint density at radius 3 is 0.613 bits per heavy atom. The van der Waals surface area contributed by atoms with E-state index < -0.39 is 0 Å². The Hall–Kier alpha value is 0.250. The summed E-state index contributed by atoms with van der Waals surface area (Å²) < 4.78 is 0. The molecular weight excluding hydrogens is 398 g/mol. The maximum Gasteiger partial charge on any atom is -0.00773 e. The Morgan fingerprint density at radius 1 is 0.290 bits per heavy atom. The summed E-state index contributed by atoms with van der Waals surface area (Å²) in [4.78, 5) is 0. The van der Waals surface area contributed by atoms with Crippen LogP contribution >= 0.6 is 12.4 Å². The molecule has 1 nitrogen and oxygen atoms in total. The van der Waals surface area contributed by atoms with Crippen LogP contribution in [0.4, 0.5) is 0 Å². The van der Waals surface area contributed by atoms with Crippen molar-refractivity contribution in [2.24, 2.45) is 5.73 Å². The summed E-state index contributed by atoms with van der Waals surface area (Å²) in [5, 5.41) is 0. The van der Waals surface area contributed by atoms with Gasteiger partial charge in [-0.25, -0.2) is 0 Å². The van der Waals surface area contributed by atoms with Gasteiger partial charge in [0, 0.05) is 0 Å². The summed E-state index contributed by atoms with van der Waals surface area (Å²) in [5.41, 5.74) is 5.53. The third-order valence-electron chi connectivity index (χ3n) is 6.81. The molecule has 190 valence electrons. The Labute approximate surface area is 204 Å². The van der Waals surface area contributed by atoms with Gasteiger partial charge in [0.05, 0.1) is 0 Å². The molecule has 0 unspecified atom stereocenters. The second-order valence-corrected chi connectivity index (χ2v) is 9.98. The summed E-state index contributed by atoms with van der Waals surface area (Å²) >= 11 is 0. The van der Waals surface area contributed by atoms with Crippen LogP contribution < -0.4 is 5.73 Å². The first-order valence-corrected chi connectivity index (χ1v) is 14.6. The van der Waals surface area contributed by atoms with Gasteiger partial charge in [0.25, 0.3) is 0 Å². The van der Waals surface area contributed by atoms with Crippen molar-refractivity contribution in [2.75, 3.05) is 6.54 Å². The first-order chi connectivity index (χ1) is 14.9. The highest BCUT2D eigenvalue weighted by atomic mass is 35.5. The lowest BCUT2D eigenvalue weighted by Gasteiger charge is -2.04. The molecule has 0 radical (unpaired) electrons. The van der Waals surface area contributed by atoms with Crippen molar-refractivity contribution < 1.29 is 0 Å². The van der Waals surface area contributed by atoms with E-state index in [2.05, 4.69) is 6.92 Å². The molecule has 0 heterocycles. The molecule has 0 aromatic heterocycles. The zero-order chi connectivity index (χ0) is 21.8. The average molecular weight is 460 g/mol. The number of rotatable bonds is 27. The van der Waals surface area contributed by atoms with Gasteiger partial charge >= 0.3 is 0 Å². The van der Waals surface area contributed by atoms with Crippen molar-refractivity contribution in [1.29, 1.82) is 0 Å². The number of hydrogen-bond acceptors (Lipinski definition) is 1. The van der Waals surface area contributed by atoms with Gasteiger partial charge in [-0.2, -0.15) is 0 Å². The molecule has 0 fully saturated rings. The van der Waals surface area contributed by atoms with Gasteiger partial charge in [0.15, 0.2) is 0 Å². The smallest absolute Gasteiger partial charge is 0.00773 e.